The highest BCUT2D eigenvalue weighted by Gasteiger charge is 2.17. The molecule has 162 valence electrons. The average Bonchev–Trinajstić information content (AvgIpc) is 3.22. The maximum absolute atomic E-state index is 2.54. The van der Waals surface area contributed by atoms with Crippen molar-refractivity contribution in [1.82, 2.24) is 4.57 Å². The van der Waals surface area contributed by atoms with Crippen LogP contribution in [0.25, 0.3) is 32.6 Å². The first-order chi connectivity index (χ1) is 16.9. The van der Waals surface area contributed by atoms with Gasteiger partial charge in [0.15, 0.2) is 0 Å². The highest BCUT2D eigenvalue weighted by Crippen LogP contribution is 2.29. The summed E-state index contributed by atoms with van der Waals surface area (Å²) in [6, 6.07) is 44.4. The molecule has 0 bridgehead atoms. The molecule has 0 fully saturated rings. The van der Waals surface area contributed by atoms with Gasteiger partial charge in [0.2, 0.25) is 0 Å². The number of aromatic nitrogens is 1. The molecule has 1 atom stereocenters. The largest absolute Gasteiger partial charge is 0.340 e. The van der Waals surface area contributed by atoms with Gasteiger partial charge in [-0.15, -0.1) is 0 Å². The monoisotopic (exact) mass is 467 g/mol. The van der Waals surface area contributed by atoms with E-state index in [9.17, 15) is 0 Å². The summed E-state index contributed by atoms with van der Waals surface area (Å²) in [5.74, 6) is 0. The maximum atomic E-state index is 2.54. The minimum absolute atomic E-state index is 0.619. The van der Waals surface area contributed by atoms with E-state index in [2.05, 4.69) is 126 Å². The Hall–Kier alpha value is -3.41. The Kier molecular flexibility index (Phi) is 5.88. The summed E-state index contributed by atoms with van der Waals surface area (Å²) in [6.07, 6.45) is 1.16. The van der Waals surface area contributed by atoms with Crippen molar-refractivity contribution in [3.05, 3.63) is 121 Å². The Labute approximate surface area is 205 Å². The molecule has 0 amide bonds. The molecule has 34 heavy (non-hydrogen) atoms. The number of hydrogen-bond donors (Lipinski definition) is 0. The van der Waals surface area contributed by atoms with Gasteiger partial charge in [-0.3, -0.25) is 0 Å². The van der Waals surface area contributed by atoms with E-state index in [1.807, 2.05) is 0 Å². The van der Waals surface area contributed by atoms with Crippen molar-refractivity contribution in [1.29, 1.82) is 0 Å². The van der Waals surface area contributed by atoms with Gasteiger partial charge in [-0.2, -0.15) is 0 Å². The maximum Gasteiger partial charge on any atom is 0.0820 e. The number of rotatable bonds is 7. The third-order valence-corrected chi connectivity index (χ3v) is 10.1. The third-order valence-electron chi connectivity index (χ3n) is 6.56. The molecule has 0 aliphatic carbocycles. The van der Waals surface area contributed by atoms with Crippen LogP contribution < -0.4 is 10.4 Å². The molecule has 6 rings (SSSR count). The van der Waals surface area contributed by atoms with E-state index < -0.39 is 0 Å². The Morgan fingerprint density at radius 1 is 0.529 bits per heavy atom. The summed E-state index contributed by atoms with van der Waals surface area (Å²) in [5, 5.41) is 9.04. The van der Waals surface area contributed by atoms with Crippen LogP contribution in [0.5, 0.6) is 0 Å². The number of aryl methyl sites for hydroxylation is 1. The lowest BCUT2D eigenvalue weighted by Gasteiger charge is -2.18. The molecule has 1 aromatic heterocycles. The smallest absolute Gasteiger partial charge is 0.0820 e. The number of benzene rings is 5. The van der Waals surface area contributed by atoms with Gasteiger partial charge in [-0.1, -0.05) is 120 Å². The minimum atomic E-state index is 0.619. The summed E-state index contributed by atoms with van der Waals surface area (Å²) < 4.78 is 2.54. The van der Waals surface area contributed by atoms with Crippen LogP contribution in [-0.2, 0) is 6.54 Å². The van der Waals surface area contributed by atoms with Crippen LogP contribution in [0.15, 0.2) is 121 Å². The number of hydrogen-bond acceptors (Lipinski definition) is 0. The van der Waals surface area contributed by atoms with Gasteiger partial charge in [0.1, 0.15) is 0 Å². The Morgan fingerprint density at radius 2 is 1.12 bits per heavy atom. The zero-order valence-corrected chi connectivity index (χ0v) is 21.0. The molecule has 1 heterocycles. The van der Waals surface area contributed by atoms with Crippen LogP contribution in [0, 0.1) is 0 Å². The van der Waals surface area contributed by atoms with Crippen LogP contribution in [0.1, 0.15) is 6.42 Å². The summed E-state index contributed by atoms with van der Waals surface area (Å²) in [4.78, 5) is 0. The van der Waals surface area contributed by atoms with Crippen LogP contribution in [0.3, 0.4) is 0 Å². The topological polar surface area (TPSA) is 4.93 Å². The van der Waals surface area contributed by atoms with Crippen LogP contribution in [0.2, 0.25) is 5.16 Å². The highest BCUT2D eigenvalue weighted by molar-refractivity contribution is 6.74. The van der Waals surface area contributed by atoms with Crippen LogP contribution >= 0.6 is 0 Å². The van der Waals surface area contributed by atoms with Crippen molar-refractivity contribution in [3.63, 3.8) is 0 Å². The van der Waals surface area contributed by atoms with E-state index in [1.165, 1.54) is 43.0 Å². The van der Waals surface area contributed by atoms with Crippen molar-refractivity contribution in [2.45, 2.75) is 18.1 Å². The van der Waals surface area contributed by atoms with Crippen LogP contribution in [-0.4, -0.2) is 23.6 Å². The Morgan fingerprint density at radius 3 is 1.85 bits per heavy atom. The molecule has 1 nitrogen and oxygen atoms in total. The second kappa shape index (κ2) is 9.45. The molecule has 4 radical (unpaired) electrons. The van der Waals surface area contributed by atoms with Crippen molar-refractivity contribution in [3.8, 4) is 0 Å². The fraction of sp³-hybridized carbons (Fsp3) is 0.0968. The zero-order valence-electron chi connectivity index (χ0n) is 19.0. The molecule has 5 aromatic carbocycles. The van der Waals surface area contributed by atoms with Crippen molar-refractivity contribution in [2.24, 2.45) is 0 Å². The van der Waals surface area contributed by atoms with Crippen molar-refractivity contribution in [2.75, 3.05) is 0 Å². The predicted octanol–water partition coefficient (Wildman–Crippen LogP) is 6.14. The molecule has 0 spiro atoms. The molecule has 0 saturated heterocycles. The molecule has 1 unspecified atom stereocenters. The lowest BCUT2D eigenvalue weighted by molar-refractivity contribution is 0.704. The van der Waals surface area contributed by atoms with Crippen molar-refractivity contribution < 1.29 is 0 Å². The Balaban J connectivity index is 1.35. The standard InChI is InChI=1S/C31H25NSi2/c1-2-13-24(14-3-1)33-31(34-30-20-10-12-23-11-4-5-15-25(23)30)21-22-32-28-18-8-6-16-26(28)27-17-7-9-19-29(27)32/h1-20,31H,21-22H2. The van der Waals surface area contributed by atoms with Gasteiger partial charge in [0.05, 0.1) is 19.0 Å². The summed E-state index contributed by atoms with van der Waals surface area (Å²) in [5.41, 5.74) is 2.69. The van der Waals surface area contributed by atoms with Gasteiger partial charge < -0.3 is 4.57 Å². The van der Waals surface area contributed by atoms with E-state index in [0.717, 1.165) is 32.0 Å². The van der Waals surface area contributed by atoms with Crippen LogP contribution in [0.4, 0.5) is 0 Å². The number of para-hydroxylation sites is 2. The quantitative estimate of drug-likeness (QED) is 0.248. The third kappa shape index (κ3) is 4.13. The fourth-order valence-electron chi connectivity index (χ4n) is 4.96. The Bertz CT molecular complexity index is 1510. The summed E-state index contributed by atoms with van der Waals surface area (Å²) in [7, 11) is 1.60. The van der Waals surface area contributed by atoms with E-state index in [4.69, 9.17) is 0 Å². The normalized spacial score (nSPS) is 12.5. The predicted molar refractivity (Wildman–Crippen MR) is 149 cm³/mol. The van der Waals surface area contributed by atoms with Gasteiger partial charge >= 0.3 is 0 Å². The zero-order chi connectivity index (χ0) is 22.7. The van der Waals surface area contributed by atoms with E-state index in [0.29, 0.717) is 5.16 Å². The van der Waals surface area contributed by atoms with Crippen molar-refractivity contribution >= 4 is 62.0 Å². The summed E-state index contributed by atoms with van der Waals surface area (Å²) >= 11 is 0. The minimum Gasteiger partial charge on any atom is -0.340 e. The highest BCUT2D eigenvalue weighted by atomic mass is 28.3. The first-order valence-corrected chi connectivity index (χ1v) is 14.0. The average molecular weight is 468 g/mol. The fourth-order valence-corrected chi connectivity index (χ4v) is 8.50. The number of nitrogens with zero attached hydrogens (tertiary/aromatic N) is 1. The van der Waals surface area contributed by atoms with Gasteiger partial charge in [0, 0.05) is 28.4 Å². The second-order valence-electron chi connectivity index (χ2n) is 8.71. The first kappa shape index (κ1) is 21.1. The molecule has 6 aromatic rings. The molecule has 0 aliphatic heterocycles. The molecule has 3 heteroatoms. The number of fused-ring (bicyclic) bond motifs is 4. The van der Waals surface area contributed by atoms with Gasteiger partial charge in [0.25, 0.3) is 0 Å². The van der Waals surface area contributed by atoms with Gasteiger partial charge in [-0.05, 0) is 34.5 Å². The molecule has 0 N–H and O–H groups in total. The molecular weight excluding hydrogens is 443 g/mol. The lowest BCUT2D eigenvalue weighted by atomic mass is 10.1. The lowest BCUT2D eigenvalue weighted by Crippen LogP contribution is -2.30. The van der Waals surface area contributed by atoms with E-state index in [1.54, 1.807) is 0 Å². The first-order valence-electron chi connectivity index (χ1n) is 11.9. The van der Waals surface area contributed by atoms with Gasteiger partial charge in [-0.25, -0.2) is 0 Å². The van der Waals surface area contributed by atoms with E-state index >= 15 is 0 Å². The molecule has 0 aliphatic rings. The summed E-state index contributed by atoms with van der Waals surface area (Å²) in [6.45, 7) is 1.04. The van der Waals surface area contributed by atoms with E-state index in [-0.39, 0.29) is 0 Å². The molecular formula is C31H25NSi2. The molecule has 0 saturated carbocycles. The SMILES string of the molecule is c1ccc([Si]C(CCn2c3ccccc3c3ccccc32)[Si]c2cccc3ccccc23)cc1. The second-order valence-corrected chi connectivity index (χ2v) is 12.4.